The predicted octanol–water partition coefficient (Wildman–Crippen LogP) is 4.29. The van der Waals surface area contributed by atoms with E-state index in [-0.39, 0.29) is 17.4 Å². The maximum absolute atomic E-state index is 13.3. The van der Waals surface area contributed by atoms with Crippen molar-refractivity contribution in [1.29, 1.82) is 0 Å². The Morgan fingerprint density at radius 1 is 0.879 bits per heavy atom. The Bertz CT molecular complexity index is 1330. The molecule has 0 fully saturated rings. The molecule has 0 amide bonds. The van der Waals surface area contributed by atoms with Gasteiger partial charge in [-0.1, -0.05) is 48.5 Å². The lowest BCUT2D eigenvalue weighted by atomic mass is 10.1. The molecule has 4 aromatic rings. The number of carbonyl (C=O) groups excluding carboxylic acids is 1. The van der Waals surface area contributed by atoms with Crippen LogP contribution in [0, 0.1) is 0 Å². The summed E-state index contributed by atoms with van der Waals surface area (Å²) in [6.45, 7) is 0. The fourth-order valence-electron chi connectivity index (χ4n) is 3.87. The first kappa shape index (κ1) is 20.5. The first-order valence-corrected chi connectivity index (χ1v) is 10.6. The Labute approximate surface area is 191 Å². The van der Waals surface area contributed by atoms with Gasteiger partial charge in [0.2, 0.25) is 0 Å². The summed E-state index contributed by atoms with van der Waals surface area (Å²) >= 11 is 0. The third-order valence-corrected chi connectivity index (χ3v) is 5.59. The van der Waals surface area contributed by atoms with Gasteiger partial charge in [-0.3, -0.25) is 5.32 Å². The molecule has 33 heavy (non-hydrogen) atoms. The number of phenols is 2. The van der Waals surface area contributed by atoms with Crippen molar-refractivity contribution in [2.75, 3.05) is 5.32 Å². The summed E-state index contributed by atoms with van der Waals surface area (Å²) < 4.78 is 1.62. The average Bonchev–Trinajstić information content (AvgIpc) is 3.15. The molecule has 1 unspecified atom stereocenters. The lowest BCUT2D eigenvalue weighted by Crippen LogP contribution is -2.44. The van der Waals surface area contributed by atoms with Gasteiger partial charge < -0.3 is 10.2 Å². The Morgan fingerprint density at radius 3 is 2.24 bits per heavy atom. The van der Waals surface area contributed by atoms with Crippen molar-refractivity contribution in [2.45, 2.75) is 12.5 Å². The maximum Gasteiger partial charge on any atom is 0.359 e. The molecule has 1 aliphatic heterocycles. The number of aromatic nitrogens is 2. The van der Waals surface area contributed by atoms with Crippen LogP contribution < -0.4 is 9.88 Å². The SMILES string of the molecule is O=C1C(Cc2ccc(O)cc2)Nc2c(/C=C/c3ccccc3)nc(-c3ccc(O)cc3)c[n+]21. The zero-order valence-corrected chi connectivity index (χ0v) is 17.7. The minimum atomic E-state index is -0.449. The third-order valence-electron chi connectivity index (χ3n) is 5.59. The van der Waals surface area contributed by atoms with Gasteiger partial charge in [0.25, 0.3) is 0 Å². The van der Waals surface area contributed by atoms with E-state index in [0.717, 1.165) is 16.7 Å². The fourth-order valence-corrected chi connectivity index (χ4v) is 3.87. The highest BCUT2D eigenvalue weighted by atomic mass is 16.3. The number of nitrogens with zero attached hydrogens (tertiary/aromatic N) is 2. The van der Waals surface area contributed by atoms with Crippen LogP contribution in [0.15, 0.2) is 85.1 Å². The second kappa shape index (κ2) is 8.59. The first-order chi connectivity index (χ1) is 16.1. The van der Waals surface area contributed by atoms with Crippen molar-refractivity contribution in [3.63, 3.8) is 0 Å². The molecule has 1 aliphatic rings. The number of aromatic hydroxyl groups is 2. The summed E-state index contributed by atoms with van der Waals surface area (Å²) in [6.07, 6.45) is 6.07. The van der Waals surface area contributed by atoms with E-state index in [2.05, 4.69) is 5.32 Å². The van der Waals surface area contributed by atoms with Crippen molar-refractivity contribution in [3.05, 3.63) is 102 Å². The number of benzene rings is 3. The highest BCUT2D eigenvalue weighted by Gasteiger charge is 2.40. The molecular formula is C27H22N3O3+. The summed E-state index contributed by atoms with van der Waals surface area (Å²) in [5, 5.41) is 22.5. The minimum Gasteiger partial charge on any atom is -0.508 e. The van der Waals surface area contributed by atoms with Crippen LogP contribution >= 0.6 is 0 Å². The van der Waals surface area contributed by atoms with Gasteiger partial charge in [-0.25, -0.2) is 9.78 Å². The molecule has 3 aromatic carbocycles. The van der Waals surface area contributed by atoms with E-state index in [0.29, 0.717) is 23.6 Å². The normalized spacial score (nSPS) is 14.9. The molecule has 3 N–H and O–H groups in total. The molecule has 1 atom stereocenters. The van der Waals surface area contributed by atoms with Crippen molar-refractivity contribution in [3.8, 4) is 22.8 Å². The van der Waals surface area contributed by atoms with Gasteiger partial charge in [0.05, 0.1) is 0 Å². The van der Waals surface area contributed by atoms with E-state index < -0.39 is 6.04 Å². The van der Waals surface area contributed by atoms with Gasteiger partial charge >= 0.3 is 11.7 Å². The number of hydrogen-bond acceptors (Lipinski definition) is 5. The third kappa shape index (κ3) is 4.32. The summed E-state index contributed by atoms with van der Waals surface area (Å²) in [7, 11) is 0. The zero-order chi connectivity index (χ0) is 22.8. The number of carbonyl (C=O) groups is 1. The number of nitrogens with one attached hydrogen (secondary N) is 1. The van der Waals surface area contributed by atoms with E-state index in [4.69, 9.17) is 4.98 Å². The Kier molecular flexibility index (Phi) is 5.32. The number of hydrogen-bond donors (Lipinski definition) is 3. The number of phenolic OH excluding ortho intramolecular Hbond substituents is 2. The molecule has 0 bridgehead atoms. The molecule has 0 saturated carbocycles. The monoisotopic (exact) mass is 436 g/mol. The van der Waals surface area contributed by atoms with Gasteiger partial charge in [-0.2, -0.15) is 4.57 Å². The van der Waals surface area contributed by atoms with Crippen LogP contribution in [0.4, 0.5) is 5.82 Å². The van der Waals surface area contributed by atoms with Gasteiger partial charge in [0.15, 0.2) is 11.7 Å². The maximum atomic E-state index is 13.3. The van der Waals surface area contributed by atoms with E-state index >= 15 is 0 Å². The molecule has 6 nitrogen and oxygen atoms in total. The first-order valence-electron chi connectivity index (χ1n) is 10.6. The second-order valence-electron chi connectivity index (χ2n) is 7.93. The van der Waals surface area contributed by atoms with Crippen molar-refractivity contribution in [1.82, 2.24) is 4.98 Å². The van der Waals surface area contributed by atoms with Crippen molar-refractivity contribution < 1.29 is 19.6 Å². The molecule has 6 heteroatoms. The standard InChI is InChI=1S/C27H21N3O3/c31-21-11-6-19(7-12-21)16-24-27(33)30-17-25(20-9-13-22(32)14-10-20)28-23(26(30)29-24)15-8-18-4-2-1-3-5-18/h1-15,17,24,31-32H,16H2/p+1/b15-8+. The van der Waals surface area contributed by atoms with Crippen LogP contribution in [0.5, 0.6) is 11.5 Å². The predicted molar refractivity (Wildman–Crippen MR) is 127 cm³/mol. The molecule has 1 aromatic heterocycles. The molecule has 2 heterocycles. The van der Waals surface area contributed by atoms with Crippen LogP contribution in [-0.2, 0) is 6.42 Å². The summed E-state index contributed by atoms with van der Waals surface area (Å²) in [6, 6.07) is 23.1. The van der Waals surface area contributed by atoms with Crippen LogP contribution in [0.1, 0.15) is 21.6 Å². The molecule has 5 rings (SSSR count). The van der Waals surface area contributed by atoms with Crippen LogP contribution in [-0.4, -0.2) is 27.1 Å². The zero-order valence-electron chi connectivity index (χ0n) is 17.7. The number of anilines is 1. The van der Waals surface area contributed by atoms with Gasteiger partial charge in [-0.05, 0) is 53.6 Å². The number of fused-ring (bicyclic) bond motifs is 1. The van der Waals surface area contributed by atoms with Crippen LogP contribution in [0.3, 0.4) is 0 Å². The molecule has 0 aliphatic carbocycles. The average molecular weight is 436 g/mol. The highest BCUT2D eigenvalue weighted by Crippen LogP contribution is 2.26. The molecular weight excluding hydrogens is 414 g/mol. The lowest BCUT2D eigenvalue weighted by Gasteiger charge is -2.04. The van der Waals surface area contributed by atoms with E-state index in [1.165, 1.54) is 0 Å². The smallest absolute Gasteiger partial charge is 0.359 e. The number of rotatable bonds is 5. The minimum absolute atomic E-state index is 0.0742. The van der Waals surface area contributed by atoms with Crippen molar-refractivity contribution >= 4 is 23.9 Å². The molecule has 0 radical (unpaired) electrons. The quantitative estimate of drug-likeness (QED) is 0.406. The van der Waals surface area contributed by atoms with E-state index in [1.807, 2.05) is 54.6 Å². The van der Waals surface area contributed by atoms with Crippen LogP contribution in [0.2, 0.25) is 0 Å². The molecule has 0 saturated heterocycles. The molecule has 0 spiro atoms. The Morgan fingerprint density at radius 2 is 1.55 bits per heavy atom. The van der Waals surface area contributed by atoms with E-state index in [1.54, 1.807) is 47.2 Å². The highest BCUT2D eigenvalue weighted by molar-refractivity contribution is 5.85. The van der Waals surface area contributed by atoms with Crippen LogP contribution in [0.25, 0.3) is 23.4 Å². The van der Waals surface area contributed by atoms with Crippen molar-refractivity contribution in [2.24, 2.45) is 0 Å². The van der Waals surface area contributed by atoms with E-state index in [9.17, 15) is 15.0 Å². The topological polar surface area (TPSA) is 86.3 Å². The summed E-state index contributed by atoms with van der Waals surface area (Å²) in [4.78, 5) is 18.1. The van der Waals surface area contributed by atoms with Gasteiger partial charge in [0, 0.05) is 12.0 Å². The van der Waals surface area contributed by atoms with Gasteiger partial charge in [-0.15, -0.1) is 0 Å². The fraction of sp³-hybridized carbons (Fsp3) is 0.0741. The largest absolute Gasteiger partial charge is 0.508 e. The lowest BCUT2D eigenvalue weighted by molar-refractivity contribution is -0.552. The Balaban J connectivity index is 1.54. The Hall–Kier alpha value is -4.45. The summed E-state index contributed by atoms with van der Waals surface area (Å²) in [5.74, 6) is 0.926. The molecule has 162 valence electrons. The van der Waals surface area contributed by atoms with Gasteiger partial charge in [0.1, 0.15) is 23.4 Å². The summed E-state index contributed by atoms with van der Waals surface area (Å²) in [5.41, 5.74) is 4.04. The second-order valence-corrected chi connectivity index (χ2v) is 7.93.